The number of rotatable bonds is 5. The van der Waals surface area contributed by atoms with Gasteiger partial charge in [-0.2, -0.15) is 0 Å². The van der Waals surface area contributed by atoms with Crippen molar-refractivity contribution in [1.82, 2.24) is 0 Å². The minimum Gasteiger partial charge on any atom is -0.395 e. The van der Waals surface area contributed by atoms with Crippen molar-refractivity contribution in [3.8, 4) is 0 Å². The predicted octanol–water partition coefficient (Wildman–Crippen LogP) is 2.37. The van der Waals surface area contributed by atoms with E-state index in [1.165, 1.54) is 0 Å². The van der Waals surface area contributed by atoms with Crippen LogP contribution in [-0.2, 0) is 0 Å². The molecule has 0 aromatic heterocycles. The third-order valence-corrected chi connectivity index (χ3v) is 2.43. The van der Waals surface area contributed by atoms with Gasteiger partial charge >= 0.3 is 0 Å². The molecule has 0 saturated carbocycles. The molecule has 0 fully saturated rings. The fourth-order valence-electron chi connectivity index (χ4n) is 1.67. The van der Waals surface area contributed by atoms with Gasteiger partial charge < -0.3 is 16.2 Å². The molecule has 5 heteroatoms. The van der Waals surface area contributed by atoms with Gasteiger partial charge in [0.1, 0.15) is 5.82 Å². The van der Waals surface area contributed by atoms with Crippen molar-refractivity contribution in [2.75, 3.05) is 17.7 Å². The van der Waals surface area contributed by atoms with Gasteiger partial charge in [-0.1, -0.05) is 13.8 Å². The summed E-state index contributed by atoms with van der Waals surface area (Å²) in [6.07, 6.45) is 0.689. The Hall–Kier alpha value is -1.36. The van der Waals surface area contributed by atoms with Crippen LogP contribution in [0.5, 0.6) is 0 Å². The van der Waals surface area contributed by atoms with E-state index in [2.05, 4.69) is 5.32 Å². The molecule has 1 aromatic carbocycles. The number of nitrogens with one attached hydrogen (secondary N) is 1. The van der Waals surface area contributed by atoms with Gasteiger partial charge in [0.2, 0.25) is 0 Å². The number of aliphatic hydroxyl groups excluding tert-OH is 1. The first-order valence-corrected chi connectivity index (χ1v) is 5.56. The minimum atomic E-state index is -0.797. The Bertz CT molecular complexity index is 383. The fraction of sp³-hybridized carbons (Fsp3) is 0.500. The van der Waals surface area contributed by atoms with Crippen LogP contribution in [0.2, 0.25) is 0 Å². The van der Waals surface area contributed by atoms with Crippen molar-refractivity contribution in [2.24, 2.45) is 5.92 Å². The van der Waals surface area contributed by atoms with Gasteiger partial charge in [-0.3, -0.25) is 0 Å². The smallest absolute Gasteiger partial charge is 0.151 e. The normalized spacial score (nSPS) is 12.8. The average Bonchev–Trinajstić information content (AvgIpc) is 2.23. The van der Waals surface area contributed by atoms with Crippen molar-refractivity contribution in [1.29, 1.82) is 0 Å². The van der Waals surface area contributed by atoms with E-state index < -0.39 is 11.6 Å². The Labute approximate surface area is 99.6 Å². The molecule has 0 aliphatic carbocycles. The standard InChI is InChI=1S/C12H18F2N2O/c1-7(2)3-9(6-17)16-11-5-8(13)4-10(14)12(11)15/h4-5,7,9,16-17H,3,6,15H2,1-2H3. The second-order valence-electron chi connectivity index (χ2n) is 4.50. The summed E-state index contributed by atoms with van der Waals surface area (Å²) in [4.78, 5) is 0. The molecule has 4 N–H and O–H groups in total. The zero-order chi connectivity index (χ0) is 13.0. The van der Waals surface area contributed by atoms with Crippen molar-refractivity contribution in [3.63, 3.8) is 0 Å². The third-order valence-electron chi connectivity index (χ3n) is 2.43. The summed E-state index contributed by atoms with van der Waals surface area (Å²) in [6.45, 7) is 3.88. The van der Waals surface area contributed by atoms with Gasteiger partial charge in [-0.25, -0.2) is 8.78 Å². The predicted molar refractivity (Wildman–Crippen MR) is 64.7 cm³/mol. The Balaban J connectivity index is 2.85. The van der Waals surface area contributed by atoms with E-state index in [-0.39, 0.29) is 24.0 Å². The molecule has 0 radical (unpaired) electrons. The van der Waals surface area contributed by atoms with Crippen molar-refractivity contribution < 1.29 is 13.9 Å². The maximum Gasteiger partial charge on any atom is 0.151 e. The Morgan fingerprint density at radius 1 is 1.35 bits per heavy atom. The van der Waals surface area contributed by atoms with Crippen LogP contribution in [0.3, 0.4) is 0 Å². The van der Waals surface area contributed by atoms with E-state index in [1.807, 2.05) is 13.8 Å². The number of halogens is 2. The Morgan fingerprint density at radius 2 is 2.00 bits per heavy atom. The Kier molecular flexibility index (Phi) is 4.69. The number of hydrogen-bond acceptors (Lipinski definition) is 3. The lowest BCUT2D eigenvalue weighted by molar-refractivity contribution is 0.259. The van der Waals surface area contributed by atoms with Crippen LogP contribution in [-0.4, -0.2) is 17.8 Å². The van der Waals surface area contributed by atoms with E-state index in [0.717, 1.165) is 12.1 Å². The molecule has 0 bridgehead atoms. The first-order chi connectivity index (χ1) is 7.93. The number of nitrogens with two attached hydrogens (primary N) is 1. The maximum absolute atomic E-state index is 13.2. The number of hydrogen-bond donors (Lipinski definition) is 3. The molecular formula is C12H18F2N2O. The molecule has 1 atom stereocenters. The van der Waals surface area contributed by atoms with E-state index in [1.54, 1.807) is 0 Å². The summed E-state index contributed by atoms with van der Waals surface area (Å²) < 4.78 is 26.2. The number of anilines is 2. The van der Waals surface area contributed by atoms with Gasteiger partial charge in [0.25, 0.3) is 0 Å². The van der Waals surface area contributed by atoms with Crippen molar-refractivity contribution in [2.45, 2.75) is 26.3 Å². The van der Waals surface area contributed by atoms with Crippen molar-refractivity contribution in [3.05, 3.63) is 23.8 Å². The molecule has 1 rings (SSSR count). The van der Waals surface area contributed by atoms with Crippen LogP contribution in [0.1, 0.15) is 20.3 Å². The highest BCUT2D eigenvalue weighted by Gasteiger charge is 2.14. The molecule has 0 spiro atoms. The van der Waals surface area contributed by atoms with Crippen LogP contribution in [0.25, 0.3) is 0 Å². The fourth-order valence-corrected chi connectivity index (χ4v) is 1.67. The first kappa shape index (κ1) is 13.7. The maximum atomic E-state index is 13.2. The summed E-state index contributed by atoms with van der Waals surface area (Å²) in [5, 5.41) is 12.0. The van der Waals surface area contributed by atoms with Crippen LogP contribution in [0.15, 0.2) is 12.1 Å². The average molecular weight is 244 g/mol. The van der Waals surface area contributed by atoms with E-state index in [4.69, 9.17) is 5.73 Å². The summed E-state index contributed by atoms with van der Waals surface area (Å²) in [6, 6.07) is 1.59. The topological polar surface area (TPSA) is 58.3 Å². The number of aliphatic hydroxyl groups is 1. The summed E-state index contributed by atoms with van der Waals surface area (Å²) in [7, 11) is 0. The molecule has 1 unspecified atom stereocenters. The zero-order valence-electron chi connectivity index (χ0n) is 10.0. The lowest BCUT2D eigenvalue weighted by atomic mass is 10.0. The Morgan fingerprint density at radius 3 is 2.53 bits per heavy atom. The monoisotopic (exact) mass is 244 g/mol. The quantitative estimate of drug-likeness (QED) is 0.697. The number of benzene rings is 1. The van der Waals surface area contributed by atoms with Gasteiger partial charge in [0, 0.05) is 12.1 Å². The lowest BCUT2D eigenvalue weighted by Crippen LogP contribution is -2.26. The van der Waals surface area contributed by atoms with Gasteiger partial charge in [-0.15, -0.1) is 0 Å². The zero-order valence-corrected chi connectivity index (χ0v) is 10.0. The van der Waals surface area contributed by atoms with Crippen LogP contribution in [0.4, 0.5) is 20.2 Å². The molecule has 17 heavy (non-hydrogen) atoms. The highest BCUT2D eigenvalue weighted by molar-refractivity contribution is 5.67. The molecule has 1 aromatic rings. The lowest BCUT2D eigenvalue weighted by Gasteiger charge is -2.20. The summed E-state index contributed by atoms with van der Waals surface area (Å²) in [5.41, 5.74) is 5.55. The van der Waals surface area contributed by atoms with Crippen LogP contribution >= 0.6 is 0 Å². The van der Waals surface area contributed by atoms with Gasteiger partial charge in [-0.05, 0) is 18.4 Å². The van der Waals surface area contributed by atoms with E-state index in [9.17, 15) is 13.9 Å². The summed E-state index contributed by atoms with van der Waals surface area (Å²) >= 11 is 0. The molecular weight excluding hydrogens is 226 g/mol. The molecule has 0 aliphatic heterocycles. The third kappa shape index (κ3) is 3.85. The van der Waals surface area contributed by atoms with Gasteiger partial charge in [0.05, 0.1) is 18.0 Å². The molecule has 3 nitrogen and oxygen atoms in total. The first-order valence-electron chi connectivity index (χ1n) is 5.56. The second kappa shape index (κ2) is 5.82. The summed E-state index contributed by atoms with van der Waals surface area (Å²) in [5.74, 6) is -1.13. The van der Waals surface area contributed by atoms with Crippen LogP contribution < -0.4 is 11.1 Å². The molecule has 96 valence electrons. The molecule has 0 aliphatic rings. The minimum absolute atomic E-state index is 0.115. The van der Waals surface area contributed by atoms with Crippen LogP contribution in [0, 0.1) is 17.6 Å². The molecule has 0 heterocycles. The van der Waals surface area contributed by atoms with Gasteiger partial charge in [0.15, 0.2) is 5.82 Å². The van der Waals surface area contributed by atoms with Crippen molar-refractivity contribution >= 4 is 11.4 Å². The second-order valence-corrected chi connectivity index (χ2v) is 4.50. The highest BCUT2D eigenvalue weighted by Crippen LogP contribution is 2.25. The van der Waals surface area contributed by atoms with E-state index in [0.29, 0.717) is 12.3 Å². The molecule has 0 saturated heterocycles. The number of nitrogen functional groups attached to an aromatic ring is 1. The van der Waals surface area contributed by atoms with E-state index >= 15 is 0 Å². The largest absolute Gasteiger partial charge is 0.395 e. The SMILES string of the molecule is CC(C)CC(CO)Nc1cc(F)cc(F)c1N. The molecule has 0 amide bonds. The highest BCUT2D eigenvalue weighted by atomic mass is 19.1.